The molecule has 0 aromatic carbocycles. The van der Waals surface area contributed by atoms with Gasteiger partial charge < -0.3 is 9.64 Å². The quantitative estimate of drug-likeness (QED) is 0.632. The smallest absolute Gasteiger partial charge is 0.321 e. The number of esters is 1. The lowest BCUT2D eigenvalue weighted by Crippen LogP contribution is -2.52. The molecule has 1 aromatic rings. The standard InChI is InChI=1S/C12H14BrNO3S/c1-14(9-5-4-8(13)18-9)10(15)12(6-3-7-12)11(16)17-2/h4-5H,3,6-7H2,1-2H3. The molecule has 0 N–H and O–H groups in total. The Kier molecular flexibility index (Phi) is 3.77. The molecule has 0 bridgehead atoms. The van der Waals surface area contributed by atoms with Gasteiger partial charge in [-0.1, -0.05) is 6.42 Å². The van der Waals surface area contributed by atoms with E-state index in [2.05, 4.69) is 15.9 Å². The van der Waals surface area contributed by atoms with Crippen molar-refractivity contribution in [2.75, 3.05) is 19.1 Å². The Hall–Kier alpha value is -0.880. The molecule has 1 aromatic heterocycles. The van der Waals surface area contributed by atoms with Crippen LogP contribution in [0.15, 0.2) is 15.9 Å². The van der Waals surface area contributed by atoms with Gasteiger partial charge in [-0.25, -0.2) is 0 Å². The maximum absolute atomic E-state index is 12.5. The number of nitrogens with zero attached hydrogens (tertiary/aromatic N) is 1. The van der Waals surface area contributed by atoms with Crippen molar-refractivity contribution in [2.24, 2.45) is 5.41 Å². The van der Waals surface area contributed by atoms with E-state index in [1.807, 2.05) is 12.1 Å². The normalized spacial score (nSPS) is 16.8. The molecule has 0 aliphatic heterocycles. The molecule has 4 nitrogen and oxygen atoms in total. The van der Waals surface area contributed by atoms with Gasteiger partial charge in [-0.15, -0.1) is 11.3 Å². The summed E-state index contributed by atoms with van der Waals surface area (Å²) in [6.07, 6.45) is 2.05. The molecule has 0 atom stereocenters. The first-order chi connectivity index (χ1) is 8.51. The molecule has 2 rings (SSSR count). The van der Waals surface area contributed by atoms with Crippen molar-refractivity contribution in [3.63, 3.8) is 0 Å². The Morgan fingerprint density at radius 1 is 1.44 bits per heavy atom. The number of carbonyl (C=O) groups is 2. The van der Waals surface area contributed by atoms with Gasteiger partial charge in [0, 0.05) is 7.05 Å². The summed E-state index contributed by atoms with van der Waals surface area (Å²) >= 11 is 4.83. The van der Waals surface area contributed by atoms with Crippen LogP contribution in [0.1, 0.15) is 19.3 Å². The predicted molar refractivity (Wildman–Crippen MR) is 73.7 cm³/mol. The highest BCUT2D eigenvalue weighted by atomic mass is 79.9. The van der Waals surface area contributed by atoms with Crippen molar-refractivity contribution < 1.29 is 14.3 Å². The van der Waals surface area contributed by atoms with Crippen molar-refractivity contribution in [2.45, 2.75) is 19.3 Å². The van der Waals surface area contributed by atoms with Crippen molar-refractivity contribution in [1.29, 1.82) is 0 Å². The molecule has 98 valence electrons. The Labute approximate surface area is 118 Å². The van der Waals surface area contributed by atoms with E-state index in [4.69, 9.17) is 4.74 Å². The summed E-state index contributed by atoms with van der Waals surface area (Å²) in [7, 11) is 3.03. The van der Waals surface area contributed by atoms with Crippen molar-refractivity contribution >= 4 is 44.1 Å². The number of hydrogen-bond donors (Lipinski definition) is 0. The second-order valence-corrected chi connectivity index (χ2v) is 6.81. The third-order valence-corrected chi connectivity index (χ3v) is 5.09. The van der Waals surface area contributed by atoms with E-state index in [1.54, 1.807) is 11.9 Å². The maximum atomic E-state index is 12.5. The molecular weight excluding hydrogens is 318 g/mol. The number of anilines is 1. The number of rotatable bonds is 3. The minimum atomic E-state index is -0.958. The second-order valence-electron chi connectivity index (χ2n) is 4.37. The first kappa shape index (κ1) is 13.5. The highest BCUT2D eigenvalue weighted by molar-refractivity contribution is 9.11. The lowest BCUT2D eigenvalue weighted by Gasteiger charge is -2.39. The van der Waals surface area contributed by atoms with Gasteiger partial charge >= 0.3 is 5.97 Å². The first-order valence-electron chi connectivity index (χ1n) is 5.63. The van der Waals surface area contributed by atoms with E-state index < -0.39 is 11.4 Å². The summed E-state index contributed by atoms with van der Waals surface area (Å²) in [6.45, 7) is 0. The first-order valence-corrected chi connectivity index (χ1v) is 7.24. The SMILES string of the molecule is COC(=O)C1(C(=O)N(C)c2ccc(Br)s2)CCC1. The third kappa shape index (κ3) is 2.07. The number of amides is 1. The highest BCUT2D eigenvalue weighted by Crippen LogP contribution is 2.44. The molecule has 1 amide bonds. The lowest BCUT2D eigenvalue weighted by atomic mass is 9.68. The Morgan fingerprint density at radius 3 is 2.50 bits per heavy atom. The number of thiophene rings is 1. The molecule has 1 aliphatic rings. The van der Waals surface area contributed by atoms with Gasteiger partial charge in [0.25, 0.3) is 0 Å². The molecule has 1 aliphatic carbocycles. The van der Waals surface area contributed by atoms with Gasteiger partial charge in [0.05, 0.1) is 15.9 Å². The molecular formula is C12H14BrNO3S. The van der Waals surface area contributed by atoms with E-state index in [0.717, 1.165) is 15.2 Å². The lowest BCUT2D eigenvalue weighted by molar-refractivity contribution is -0.163. The van der Waals surface area contributed by atoms with Crippen LogP contribution in [-0.4, -0.2) is 26.0 Å². The van der Waals surface area contributed by atoms with Crippen LogP contribution in [0.5, 0.6) is 0 Å². The molecule has 0 radical (unpaired) electrons. The van der Waals surface area contributed by atoms with Crippen LogP contribution < -0.4 is 4.90 Å². The van der Waals surface area contributed by atoms with E-state index in [0.29, 0.717) is 12.8 Å². The zero-order chi connectivity index (χ0) is 13.3. The second kappa shape index (κ2) is 5.01. The number of ether oxygens (including phenoxy) is 1. The van der Waals surface area contributed by atoms with Crippen molar-refractivity contribution in [3.8, 4) is 0 Å². The molecule has 0 spiro atoms. The van der Waals surface area contributed by atoms with E-state index in [9.17, 15) is 9.59 Å². The van der Waals surface area contributed by atoms with E-state index in [1.165, 1.54) is 18.4 Å². The van der Waals surface area contributed by atoms with Gasteiger partial charge in [-0.3, -0.25) is 9.59 Å². The van der Waals surface area contributed by atoms with Gasteiger partial charge in [-0.2, -0.15) is 0 Å². The van der Waals surface area contributed by atoms with Crippen LogP contribution in [0.3, 0.4) is 0 Å². The van der Waals surface area contributed by atoms with Crippen molar-refractivity contribution in [3.05, 3.63) is 15.9 Å². The third-order valence-electron chi connectivity index (χ3n) is 3.39. The van der Waals surface area contributed by atoms with Gasteiger partial charge in [0.2, 0.25) is 5.91 Å². The Morgan fingerprint density at radius 2 is 2.11 bits per heavy atom. The Balaban J connectivity index is 2.22. The maximum Gasteiger partial charge on any atom is 0.321 e. The minimum absolute atomic E-state index is 0.171. The van der Waals surface area contributed by atoms with E-state index in [-0.39, 0.29) is 5.91 Å². The number of hydrogen-bond acceptors (Lipinski definition) is 4. The van der Waals surface area contributed by atoms with Crippen LogP contribution in [0, 0.1) is 5.41 Å². The summed E-state index contributed by atoms with van der Waals surface area (Å²) in [5.41, 5.74) is -0.958. The summed E-state index contributed by atoms with van der Waals surface area (Å²) in [4.78, 5) is 25.8. The van der Waals surface area contributed by atoms with Gasteiger partial charge in [0.1, 0.15) is 5.41 Å². The van der Waals surface area contributed by atoms with Crippen LogP contribution in [0.2, 0.25) is 0 Å². The molecule has 0 unspecified atom stereocenters. The fourth-order valence-electron chi connectivity index (χ4n) is 2.14. The average molecular weight is 332 g/mol. The van der Waals surface area contributed by atoms with Crippen LogP contribution >= 0.6 is 27.3 Å². The molecule has 1 saturated carbocycles. The zero-order valence-electron chi connectivity index (χ0n) is 10.2. The van der Waals surface area contributed by atoms with Crippen molar-refractivity contribution in [1.82, 2.24) is 0 Å². The molecule has 1 heterocycles. The summed E-state index contributed by atoms with van der Waals surface area (Å²) in [5.74, 6) is -0.587. The number of carbonyl (C=O) groups excluding carboxylic acids is 2. The monoisotopic (exact) mass is 331 g/mol. The number of halogens is 1. The average Bonchev–Trinajstić information content (AvgIpc) is 2.72. The van der Waals surface area contributed by atoms with Crippen LogP contribution in [0.25, 0.3) is 0 Å². The molecule has 6 heteroatoms. The predicted octanol–water partition coefficient (Wildman–Crippen LogP) is 2.82. The fourth-order valence-corrected chi connectivity index (χ4v) is 3.46. The highest BCUT2D eigenvalue weighted by Gasteiger charge is 2.53. The molecule has 1 fully saturated rings. The molecule has 18 heavy (non-hydrogen) atoms. The van der Waals surface area contributed by atoms with Crippen LogP contribution in [-0.2, 0) is 14.3 Å². The number of methoxy groups -OCH3 is 1. The van der Waals surface area contributed by atoms with Crippen LogP contribution in [0.4, 0.5) is 5.00 Å². The fraction of sp³-hybridized carbons (Fsp3) is 0.500. The molecule has 0 saturated heterocycles. The topological polar surface area (TPSA) is 46.6 Å². The summed E-state index contributed by atoms with van der Waals surface area (Å²) < 4.78 is 5.73. The largest absolute Gasteiger partial charge is 0.468 e. The zero-order valence-corrected chi connectivity index (χ0v) is 12.6. The minimum Gasteiger partial charge on any atom is -0.468 e. The summed E-state index contributed by atoms with van der Waals surface area (Å²) in [5, 5.41) is 0.821. The van der Waals surface area contributed by atoms with Gasteiger partial charge in [-0.05, 0) is 40.9 Å². The summed E-state index contributed by atoms with van der Waals surface area (Å²) in [6, 6.07) is 3.74. The Bertz CT molecular complexity index is 481. The van der Waals surface area contributed by atoms with E-state index >= 15 is 0 Å². The van der Waals surface area contributed by atoms with Gasteiger partial charge in [0.15, 0.2) is 0 Å².